The van der Waals surface area contributed by atoms with Crippen molar-refractivity contribution in [3.05, 3.63) is 23.4 Å². The number of nitrogens with zero attached hydrogens (tertiary/aromatic N) is 6. The lowest BCUT2D eigenvalue weighted by atomic mass is 10.2. The van der Waals surface area contributed by atoms with Gasteiger partial charge < -0.3 is 9.05 Å². The molecule has 0 aliphatic carbocycles. The zero-order valence-corrected chi connectivity index (χ0v) is 14.0. The zero-order valence-electron chi connectivity index (χ0n) is 14.0. The lowest BCUT2D eigenvalue weighted by Crippen LogP contribution is -2.51. The Morgan fingerprint density at radius 1 is 0.957 bits per heavy atom. The molecule has 1 atom stereocenters. The van der Waals surface area contributed by atoms with E-state index in [1.54, 1.807) is 0 Å². The summed E-state index contributed by atoms with van der Waals surface area (Å²) in [5, 5.41) is 8.07. The zero-order chi connectivity index (χ0) is 16.2. The fourth-order valence-electron chi connectivity index (χ4n) is 2.83. The van der Waals surface area contributed by atoms with Crippen molar-refractivity contribution in [3.8, 4) is 0 Å². The molecule has 3 rings (SSSR count). The Hall–Kier alpha value is -1.80. The minimum atomic E-state index is 0.421. The summed E-state index contributed by atoms with van der Waals surface area (Å²) in [6.07, 6.45) is 1.56. The van der Waals surface area contributed by atoms with E-state index in [0.29, 0.717) is 17.8 Å². The van der Waals surface area contributed by atoms with Crippen molar-refractivity contribution in [2.24, 2.45) is 0 Å². The Kier molecular flexibility index (Phi) is 5.02. The molecule has 23 heavy (non-hydrogen) atoms. The van der Waals surface area contributed by atoms with E-state index in [0.717, 1.165) is 57.2 Å². The Morgan fingerprint density at radius 3 is 2.09 bits per heavy atom. The molecule has 0 amide bonds. The molecule has 1 fully saturated rings. The van der Waals surface area contributed by atoms with E-state index in [2.05, 4.69) is 37.0 Å². The number of hydrogen-bond donors (Lipinski definition) is 0. The first-order valence-corrected chi connectivity index (χ1v) is 8.27. The van der Waals surface area contributed by atoms with Crippen molar-refractivity contribution in [1.82, 2.24) is 30.1 Å². The molecule has 0 aromatic carbocycles. The molecule has 8 heteroatoms. The van der Waals surface area contributed by atoms with Gasteiger partial charge in [0.05, 0.1) is 13.1 Å². The minimum Gasteiger partial charge on any atom is -0.339 e. The smallest absolute Gasteiger partial charge is 0.226 e. The van der Waals surface area contributed by atoms with E-state index in [4.69, 9.17) is 9.05 Å². The van der Waals surface area contributed by atoms with E-state index in [-0.39, 0.29) is 0 Å². The van der Waals surface area contributed by atoms with Crippen molar-refractivity contribution in [2.45, 2.75) is 52.7 Å². The number of rotatable bonds is 6. The van der Waals surface area contributed by atoms with Gasteiger partial charge in [-0.15, -0.1) is 0 Å². The average molecular weight is 320 g/mol. The van der Waals surface area contributed by atoms with E-state index in [1.165, 1.54) is 0 Å². The topological polar surface area (TPSA) is 84.3 Å². The maximum atomic E-state index is 5.18. The molecule has 0 radical (unpaired) electrons. The normalized spacial score (nSPS) is 20.2. The molecule has 0 saturated carbocycles. The first-order valence-electron chi connectivity index (χ1n) is 8.27. The summed E-state index contributed by atoms with van der Waals surface area (Å²) < 4.78 is 10.3. The SMILES string of the molecule is CCc1nc(CN2CCN(Cc3noc(CC)n3)[C@H](C)C2)no1. The van der Waals surface area contributed by atoms with Gasteiger partial charge in [0.2, 0.25) is 11.8 Å². The predicted molar refractivity (Wildman–Crippen MR) is 82.5 cm³/mol. The highest BCUT2D eigenvalue weighted by atomic mass is 16.5. The van der Waals surface area contributed by atoms with E-state index in [1.807, 2.05) is 13.8 Å². The summed E-state index contributed by atoms with van der Waals surface area (Å²) in [5.41, 5.74) is 0. The minimum absolute atomic E-state index is 0.421. The van der Waals surface area contributed by atoms with E-state index >= 15 is 0 Å². The van der Waals surface area contributed by atoms with E-state index in [9.17, 15) is 0 Å². The molecule has 3 heterocycles. The summed E-state index contributed by atoms with van der Waals surface area (Å²) in [7, 11) is 0. The second-order valence-electron chi connectivity index (χ2n) is 5.97. The van der Waals surface area contributed by atoms with Gasteiger partial charge in [-0.2, -0.15) is 9.97 Å². The molecule has 2 aromatic heterocycles. The average Bonchev–Trinajstić information content (AvgIpc) is 3.19. The van der Waals surface area contributed by atoms with Crippen LogP contribution in [0.5, 0.6) is 0 Å². The second kappa shape index (κ2) is 7.18. The van der Waals surface area contributed by atoms with Gasteiger partial charge in [-0.25, -0.2) is 0 Å². The molecule has 126 valence electrons. The summed E-state index contributed by atoms with van der Waals surface area (Å²) in [6.45, 7) is 10.6. The highest BCUT2D eigenvalue weighted by Gasteiger charge is 2.25. The molecule has 0 bridgehead atoms. The highest BCUT2D eigenvalue weighted by Crippen LogP contribution is 2.14. The van der Waals surface area contributed by atoms with Gasteiger partial charge in [-0.05, 0) is 6.92 Å². The van der Waals surface area contributed by atoms with Gasteiger partial charge in [0, 0.05) is 38.5 Å². The largest absolute Gasteiger partial charge is 0.339 e. The number of piperazine rings is 1. The van der Waals surface area contributed by atoms with Crippen LogP contribution in [-0.4, -0.2) is 55.8 Å². The first kappa shape index (κ1) is 16.1. The third kappa shape index (κ3) is 3.94. The molecular weight excluding hydrogens is 296 g/mol. The Balaban J connectivity index is 1.52. The summed E-state index contributed by atoms with van der Waals surface area (Å²) in [6, 6.07) is 0.421. The maximum Gasteiger partial charge on any atom is 0.226 e. The monoisotopic (exact) mass is 320 g/mol. The van der Waals surface area contributed by atoms with Gasteiger partial charge in [-0.3, -0.25) is 9.80 Å². The molecule has 0 spiro atoms. The van der Waals surface area contributed by atoms with E-state index < -0.39 is 0 Å². The van der Waals surface area contributed by atoms with Gasteiger partial charge in [0.15, 0.2) is 11.6 Å². The summed E-state index contributed by atoms with van der Waals surface area (Å²) in [5.74, 6) is 2.95. The van der Waals surface area contributed by atoms with Crippen molar-refractivity contribution in [1.29, 1.82) is 0 Å². The molecule has 8 nitrogen and oxygen atoms in total. The van der Waals surface area contributed by atoms with Crippen LogP contribution in [0.2, 0.25) is 0 Å². The van der Waals surface area contributed by atoms with Gasteiger partial charge >= 0.3 is 0 Å². The number of hydrogen-bond acceptors (Lipinski definition) is 8. The van der Waals surface area contributed by atoms with Crippen LogP contribution in [0, 0.1) is 0 Å². The number of aromatic nitrogens is 4. The van der Waals surface area contributed by atoms with Crippen LogP contribution in [0.3, 0.4) is 0 Å². The van der Waals surface area contributed by atoms with Crippen LogP contribution in [0.1, 0.15) is 44.2 Å². The summed E-state index contributed by atoms with van der Waals surface area (Å²) in [4.78, 5) is 13.5. The van der Waals surface area contributed by atoms with Crippen LogP contribution in [0.15, 0.2) is 9.05 Å². The maximum absolute atomic E-state index is 5.18. The molecule has 1 aliphatic rings. The molecule has 1 aliphatic heterocycles. The second-order valence-corrected chi connectivity index (χ2v) is 5.97. The van der Waals surface area contributed by atoms with Crippen molar-refractivity contribution >= 4 is 0 Å². The molecule has 1 saturated heterocycles. The lowest BCUT2D eigenvalue weighted by Gasteiger charge is -2.38. The molecule has 0 N–H and O–H groups in total. The molecule has 2 aromatic rings. The van der Waals surface area contributed by atoms with Crippen LogP contribution < -0.4 is 0 Å². The van der Waals surface area contributed by atoms with Crippen molar-refractivity contribution in [3.63, 3.8) is 0 Å². The molecular formula is C15H24N6O2. The predicted octanol–water partition coefficient (Wildman–Crippen LogP) is 1.28. The van der Waals surface area contributed by atoms with Crippen molar-refractivity contribution in [2.75, 3.05) is 19.6 Å². The fraction of sp³-hybridized carbons (Fsp3) is 0.733. The fourth-order valence-corrected chi connectivity index (χ4v) is 2.83. The summed E-state index contributed by atoms with van der Waals surface area (Å²) >= 11 is 0. The third-order valence-electron chi connectivity index (χ3n) is 4.18. The van der Waals surface area contributed by atoms with Gasteiger partial charge in [0.1, 0.15) is 0 Å². The Bertz CT molecular complexity index is 625. The Morgan fingerprint density at radius 2 is 1.57 bits per heavy atom. The highest BCUT2D eigenvalue weighted by molar-refractivity contribution is 4.91. The van der Waals surface area contributed by atoms with Gasteiger partial charge in [0.25, 0.3) is 0 Å². The standard InChI is InChI=1S/C15H24N6O2/c1-4-14-16-12(18-22-14)9-20-6-7-21(11(3)8-20)10-13-17-15(5-2)23-19-13/h11H,4-10H2,1-3H3/t11-/m1/s1. The molecule has 0 unspecified atom stereocenters. The lowest BCUT2D eigenvalue weighted by molar-refractivity contribution is 0.0688. The van der Waals surface area contributed by atoms with Crippen molar-refractivity contribution < 1.29 is 9.05 Å². The first-order chi connectivity index (χ1) is 11.2. The van der Waals surface area contributed by atoms with Crippen LogP contribution in [-0.2, 0) is 25.9 Å². The number of aryl methyl sites for hydroxylation is 2. The van der Waals surface area contributed by atoms with Crippen LogP contribution in [0.25, 0.3) is 0 Å². The third-order valence-corrected chi connectivity index (χ3v) is 4.18. The van der Waals surface area contributed by atoms with Gasteiger partial charge in [-0.1, -0.05) is 24.2 Å². The van der Waals surface area contributed by atoms with Crippen LogP contribution in [0.4, 0.5) is 0 Å². The Labute approximate surface area is 135 Å². The quantitative estimate of drug-likeness (QED) is 0.787. The van der Waals surface area contributed by atoms with Crippen LogP contribution >= 0.6 is 0 Å².